The second-order valence-electron chi connectivity index (χ2n) is 10.0. The van der Waals surface area contributed by atoms with Gasteiger partial charge in [-0.05, 0) is 51.4 Å². The maximum atomic E-state index is 13.5. The van der Waals surface area contributed by atoms with Crippen LogP contribution in [0.3, 0.4) is 0 Å². The zero-order valence-corrected chi connectivity index (χ0v) is 22.6. The van der Waals surface area contributed by atoms with Crippen LogP contribution in [-0.2, 0) is 43.4 Å². The van der Waals surface area contributed by atoms with E-state index in [0.717, 1.165) is 17.5 Å². The Balaban J connectivity index is 1.41. The molecule has 0 radical (unpaired) electrons. The molecule has 2 aliphatic rings. The van der Waals surface area contributed by atoms with Gasteiger partial charge in [0.15, 0.2) is 12.0 Å². The molecule has 0 saturated carbocycles. The number of rotatable bonds is 10. The number of likely N-dealkylation sites (N-methyl/N-ethyl adjacent to an activating group) is 1. The molecule has 0 spiro atoms. The molecule has 1 aliphatic carbocycles. The van der Waals surface area contributed by atoms with Crippen LogP contribution in [0, 0.1) is 0 Å². The Morgan fingerprint density at radius 3 is 2.46 bits per heavy atom. The van der Waals surface area contributed by atoms with Crippen LogP contribution in [0.2, 0.25) is 0 Å². The van der Waals surface area contributed by atoms with Crippen molar-refractivity contribution in [2.45, 2.75) is 44.6 Å². The van der Waals surface area contributed by atoms with E-state index in [1.807, 2.05) is 30.3 Å². The quantitative estimate of drug-likeness (QED) is 0.299. The van der Waals surface area contributed by atoms with Crippen molar-refractivity contribution >= 4 is 5.91 Å². The number of ether oxygens (including phenoxy) is 4. The van der Waals surface area contributed by atoms with Crippen molar-refractivity contribution in [2.24, 2.45) is 0 Å². The second-order valence-corrected chi connectivity index (χ2v) is 10.0. The largest absolute Gasteiger partial charge is 0.459 e. The molecule has 1 heterocycles. The van der Waals surface area contributed by atoms with Gasteiger partial charge in [-0.2, -0.15) is 0 Å². The fourth-order valence-electron chi connectivity index (χ4n) is 5.33. The Bertz CT molecular complexity index is 1330. The van der Waals surface area contributed by atoms with Gasteiger partial charge in [-0.15, -0.1) is 0 Å². The summed E-state index contributed by atoms with van der Waals surface area (Å²) in [5.41, 5.74) is 8.12. The van der Waals surface area contributed by atoms with Crippen molar-refractivity contribution in [1.29, 1.82) is 0 Å². The molecule has 1 N–H and O–H groups in total. The van der Waals surface area contributed by atoms with Gasteiger partial charge in [-0.1, -0.05) is 66.7 Å². The first-order valence-corrected chi connectivity index (χ1v) is 13.2. The topological polar surface area (TPSA) is 77.5 Å². The number of carbonyl (C=O) groups is 1. The zero-order chi connectivity index (χ0) is 27.4. The predicted molar refractivity (Wildman–Crippen MR) is 148 cm³/mol. The Hall–Kier alpha value is -3.49. The van der Waals surface area contributed by atoms with Gasteiger partial charge in [-0.3, -0.25) is 4.79 Å². The molecule has 39 heavy (non-hydrogen) atoms. The summed E-state index contributed by atoms with van der Waals surface area (Å²) in [7, 11) is 4.80. The highest BCUT2D eigenvalue weighted by Crippen LogP contribution is 2.43. The lowest BCUT2D eigenvalue weighted by molar-refractivity contribution is -0.160. The molecule has 0 aromatic heterocycles. The number of allylic oxidation sites excluding steroid dienone is 1. The van der Waals surface area contributed by atoms with E-state index in [2.05, 4.69) is 42.5 Å². The molecule has 1 aliphatic heterocycles. The molecule has 2 atom stereocenters. The molecular formula is C32H35NO6. The third kappa shape index (κ3) is 5.92. The number of nitrogens with zero attached hydrogens (tertiary/aromatic N) is 1. The molecular weight excluding hydrogens is 494 g/mol. The summed E-state index contributed by atoms with van der Waals surface area (Å²) < 4.78 is 22.9. The van der Waals surface area contributed by atoms with E-state index in [1.165, 1.54) is 27.8 Å². The van der Waals surface area contributed by atoms with Gasteiger partial charge in [0.05, 0.1) is 19.8 Å². The van der Waals surface area contributed by atoms with E-state index in [1.54, 1.807) is 26.2 Å². The molecule has 2 unspecified atom stereocenters. The summed E-state index contributed by atoms with van der Waals surface area (Å²) in [5.74, 6) is -0.0539. The molecule has 3 aromatic rings. The zero-order valence-electron chi connectivity index (χ0n) is 22.6. The Kier molecular flexibility index (Phi) is 8.43. The number of carbonyl (C=O) groups excluding carboxylic acids is 1. The Labute approximate surface area is 229 Å². The minimum absolute atomic E-state index is 0.00337. The number of aliphatic hydroxyl groups excluding tert-OH is 1. The van der Waals surface area contributed by atoms with Crippen LogP contribution >= 0.6 is 0 Å². The summed E-state index contributed by atoms with van der Waals surface area (Å²) in [6.45, 7) is 0.584. The number of amides is 1. The van der Waals surface area contributed by atoms with E-state index >= 15 is 0 Å². The van der Waals surface area contributed by atoms with Crippen LogP contribution in [-0.4, -0.2) is 56.3 Å². The van der Waals surface area contributed by atoms with Crippen LogP contribution in [0.4, 0.5) is 0 Å². The minimum Gasteiger partial charge on any atom is -0.459 e. The Morgan fingerprint density at radius 1 is 1.00 bits per heavy atom. The molecule has 3 aromatic carbocycles. The van der Waals surface area contributed by atoms with Crippen LogP contribution in [0.1, 0.15) is 40.2 Å². The first-order valence-electron chi connectivity index (χ1n) is 13.2. The van der Waals surface area contributed by atoms with Crippen molar-refractivity contribution in [3.8, 4) is 11.1 Å². The van der Waals surface area contributed by atoms with E-state index in [-0.39, 0.29) is 30.7 Å². The SMILES string of the molecule is COC(CN(C)C(=O)C1=CC(c2cccc3c2Cc2ccccc2-3)CC(OCc2ccc(CO)cc2)O1)OC. The lowest BCUT2D eigenvalue weighted by Gasteiger charge is -2.32. The Morgan fingerprint density at radius 2 is 1.72 bits per heavy atom. The summed E-state index contributed by atoms with van der Waals surface area (Å²) >= 11 is 0. The number of fused-ring (bicyclic) bond motifs is 3. The monoisotopic (exact) mass is 529 g/mol. The first kappa shape index (κ1) is 27.1. The van der Waals surface area contributed by atoms with Crippen LogP contribution in [0.25, 0.3) is 11.1 Å². The summed E-state index contributed by atoms with van der Waals surface area (Å²) in [6, 6.07) is 22.5. The van der Waals surface area contributed by atoms with E-state index in [0.29, 0.717) is 13.0 Å². The van der Waals surface area contributed by atoms with Crippen molar-refractivity contribution < 1.29 is 28.8 Å². The smallest absolute Gasteiger partial charge is 0.288 e. The highest BCUT2D eigenvalue weighted by molar-refractivity contribution is 5.91. The lowest BCUT2D eigenvalue weighted by Crippen LogP contribution is -2.39. The van der Waals surface area contributed by atoms with Crippen molar-refractivity contribution in [1.82, 2.24) is 4.90 Å². The van der Waals surface area contributed by atoms with Gasteiger partial charge >= 0.3 is 0 Å². The first-order chi connectivity index (χ1) is 19.0. The lowest BCUT2D eigenvalue weighted by atomic mass is 9.87. The van der Waals surface area contributed by atoms with Gasteiger partial charge in [0, 0.05) is 33.6 Å². The molecule has 0 saturated heterocycles. The van der Waals surface area contributed by atoms with Crippen LogP contribution < -0.4 is 0 Å². The highest BCUT2D eigenvalue weighted by Gasteiger charge is 2.33. The van der Waals surface area contributed by atoms with E-state index in [4.69, 9.17) is 18.9 Å². The van der Waals surface area contributed by atoms with Crippen molar-refractivity contribution in [3.05, 3.63) is 106 Å². The molecule has 1 amide bonds. The second kappa shape index (κ2) is 12.1. The number of aliphatic hydroxyl groups is 1. The van der Waals surface area contributed by atoms with E-state index in [9.17, 15) is 9.90 Å². The standard InChI is InChI=1S/C32H35NO6/c1-33(18-31(36-2)37-3)32(35)29-16-24(17-30(39-29)38-20-22-13-11-21(19-34)12-14-22)26-9-6-10-27-25-8-5-4-7-23(25)15-28(26)27/h4-14,16,24,30-31,34H,15,17-20H2,1-3H3. The van der Waals surface area contributed by atoms with E-state index < -0.39 is 12.6 Å². The molecule has 204 valence electrons. The van der Waals surface area contributed by atoms with Crippen LogP contribution in [0.5, 0.6) is 0 Å². The van der Waals surface area contributed by atoms with Crippen molar-refractivity contribution in [3.63, 3.8) is 0 Å². The van der Waals surface area contributed by atoms with Gasteiger partial charge < -0.3 is 29.0 Å². The number of hydrogen-bond acceptors (Lipinski definition) is 6. The maximum absolute atomic E-state index is 13.5. The fraction of sp³-hybridized carbons (Fsp3) is 0.344. The van der Waals surface area contributed by atoms with Gasteiger partial charge in [0.25, 0.3) is 5.91 Å². The number of hydrogen-bond donors (Lipinski definition) is 1. The van der Waals surface area contributed by atoms with Gasteiger partial charge in [0.1, 0.15) is 0 Å². The molecule has 7 nitrogen and oxygen atoms in total. The number of benzene rings is 3. The molecule has 0 fully saturated rings. The van der Waals surface area contributed by atoms with Crippen LogP contribution in [0.15, 0.2) is 78.6 Å². The number of methoxy groups -OCH3 is 2. The van der Waals surface area contributed by atoms with Gasteiger partial charge in [0.2, 0.25) is 6.29 Å². The van der Waals surface area contributed by atoms with Gasteiger partial charge in [-0.25, -0.2) is 0 Å². The third-order valence-corrected chi connectivity index (χ3v) is 7.49. The highest BCUT2D eigenvalue weighted by atomic mass is 16.7. The molecule has 7 heteroatoms. The fourth-order valence-corrected chi connectivity index (χ4v) is 5.33. The molecule has 5 rings (SSSR count). The summed E-state index contributed by atoms with van der Waals surface area (Å²) in [6.07, 6.45) is 2.24. The average molecular weight is 530 g/mol. The normalized spacial score (nSPS) is 17.8. The predicted octanol–water partition coefficient (Wildman–Crippen LogP) is 4.76. The van der Waals surface area contributed by atoms with Crippen molar-refractivity contribution in [2.75, 3.05) is 27.8 Å². The molecule has 0 bridgehead atoms. The third-order valence-electron chi connectivity index (χ3n) is 7.49. The minimum atomic E-state index is -0.606. The maximum Gasteiger partial charge on any atom is 0.288 e. The summed E-state index contributed by atoms with van der Waals surface area (Å²) in [4.78, 5) is 15.0. The average Bonchev–Trinajstić information content (AvgIpc) is 3.37. The summed E-state index contributed by atoms with van der Waals surface area (Å²) in [5, 5.41) is 9.33.